The minimum Gasteiger partial charge on any atom is -0.393 e. The monoisotopic (exact) mass is 314 g/mol. The van der Waals surface area contributed by atoms with Crippen LogP contribution in [0.3, 0.4) is 0 Å². The van der Waals surface area contributed by atoms with Crippen LogP contribution in [0.25, 0.3) is 10.2 Å². The normalized spacial score (nSPS) is 11.6. The Morgan fingerprint density at radius 2 is 1.82 bits per heavy atom. The minimum atomic E-state index is -0.129. The maximum atomic E-state index is 6.16. The number of para-hydroxylation sites is 1. The molecule has 0 aliphatic carbocycles. The van der Waals surface area contributed by atoms with Crippen LogP contribution in [0.5, 0.6) is 0 Å². The van der Waals surface area contributed by atoms with Crippen molar-refractivity contribution in [2.75, 3.05) is 16.4 Å². The fraction of sp³-hybridized carbons (Fsp3) is 0.267. The van der Waals surface area contributed by atoms with Crippen LogP contribution in [-0.2, 0) is 0 Å². The van der Waals surface area contributed by atoms with Crippen LogP contribution in [0.15, 0.2) is 30.6 Å². The first kappa shape index (κ1) is 14.5. The summed E-state index contributed by atoms with van der Waals surface area (Å²) < 4.78 is 1.12. The Balaban J connectivity index is 1.90. The van der Waals surface area contributed by atoms with E-state index >= 15 is 0 Å². The molecular formula is C15H18N6S. The molecule has 0 saturated heterocycles. The van der Waals surface area contributed by atoms with Crippen molar-refractivity contribution in [2.45, 2.75) is 26.3 Å². The van der Waals surface area contributed by atoms with Gasteiger partial charge in [0.25, 0.3) is 0 Å². The summed E-state index contributed by atoms with van der Waals surface area (Å²) in [4.78, 5) is 12.9. The van der Waals surface area contributed by atoms with E-state index in [2.05, 4.69) is 46.4 Å². The average molecular weight is 314 g/mol. The van der Waals surface area contributed by atoms with Gasteiger partial charge in [-0.25, -0.2) is 15.0 Å². The number of hydrogen-bond donors (Lipinski definition) is 3. The van der Waals surface area contributed by atoms with E-state index in [0.29, 0.717) is 17.3 Å². The maximum absolute atomic E-state index is 6.16. The third kappa shape index (κ3) is 3.09. The highest BCUT2D eigenvalue weighted by molar-refractivity contribution is 7.22. The van der Waals surface area contributed by atoms with E-state index < -0.39 is 0 Å². The molecule has 0 spiro atoms. The number of hydrogen-bond acceptors (Lipinski definition) is 7. The Bertz CT molecular complexity index is 772. The SMILES string of the molecule is CC(C)(C)Nc1ncnc(Nc2nc3ccccc3s2)c1N. The molecule has 1 aromatic carbocycles. The van der Waals surface area contributed by atoms with Crippen molar-refractivity contribution in [2.24, 2.45) is 0 Å². The Morgan fingerprint density at radius 1 is 1.09 bits per heavy atom. The molecular weight excluding hydrogens is 296 g/mol. The fourth-order valence-electron chi connectivity index (χ4n) is 1.98. The second-order valence-electron chi connectivity index (χ2n) is 5.97. The third-order valence-corrected chi connectivity index (χ3v) is 3.85. The summed E-state index contributed by atoms with van der Waals surface area (Å²) in [5.41, 5.74) is 7.47. The molecule has 0 aliphatic heterocycles. The van der Waals surface area contributed by atoms with Crippen LogP contribution in [0, 0.1) is 0 Å². The first-order valence-corrected chi connectivity index (χ1v) is 7.75. The number of nitrogen functional groups attached to an aromatic ring is 1. The van der Waals surface area contributed by atoms with Crippen molar-refractivity contribution in [3.05, 3.63) is 30.6 Å². The lowest BCUT2D eigenvalue weighted by atomic mass is 10.1. The number of benzene rings is 1. The summed E-state index contributed by atoms with van der Waals surface area (Å²) in [6, 6.07) is 7.98. The highest BCUT2D eigenvalue weighted by Gasteiger charge is 2.15. The molecule has 6 nitrogen and oxygen atoms in total. The quantitative estimate of drug-likeness (QED) is 0.684. The number of aromatic nitrogens is 3. The number of nitrogens with zero attached hydrogens (tertiary/aromatic N) is 3. The molecule has 0 unspecified atom stereocenters. The smallest absolute Gasteiger partial charge is 0.189 e. The Kier molecular flexibility index (Phi) is 3.58. The van der Waals surface area contributed by atoms with Gasteiger partial charge in [0.2, 0.25) is 0 Å². The molecule has 0 bridgehead atoms. The molecule has 2 heterocycles. The van der Waals surface area contributed by atoms with Gasteiger partial charge in [0, 0.05) is 5.54 Å². The first-order valence-electron chi connectivity index (χ1n) is 6.94. The van der Waals surface area contributed by atoms with Gasteiger partial charge in [-0.15, -0.1) is 0 Å². The second kappa shape index (κ2) is 5.42. The number of rotatable bonds is 3. The molecule has 4 N–H and O–H groups in total. The van der Waals surface area contributed by atoms with Crippen molar-refractivity contribution < 1.29 is 0 Å². The van der Waals surface area contributed by atoms with Gasteiger partial charge in [0.1, 0.15) is 12.0 Å². The summed E-state index contributed by atoms with van der Waals surface area (Å²) in [6.07, 6.45) is 1.49. The lowest BCUT2D eigenvalue weighted by molar-refractivity contribution is 0.630. The van der Waals surface area contributed by atoms with Gasteiger partial charge >= 0.3 is 0 Å². The summed E-state index contributed by atoms with van der Waals surface area (Å²) >= 11 is 1.56. The van der Waals surface area contributed by atoms with Crippen molar-refractivity contribution in [3.63, 3.8) is 0 Å². The summed E-state index contributed by atoms with van der Waals surface area (Å²) in [7, 11) is 0. The van der Waals surface area contributed by atoms with Crippen LogP contribution >= 0.6 is 11.3 Å². The maximum Gasteiger partial charge on any atom is 0.189 e. The van der Waals surface area contributed by atoms with Gasteiger partial charge in [-0.05, 0) is 32.9 Å². The predicted octanol–water partition coefficient (Wildman–Crippen LogP) is 3.62. The van der Waals surface area contributed by atoms with Crippen LogP contribution in [0.4, 0.5) is 22.5 Å². The molecule has 0 fully saturated rings. The van der Waals surface area contributed by atoms with Crippen molar-refractivity contribution in [1.82, 2.24) is 15.0 Å². The number of fused-ring (bicyclic) bond motifs is 1. The zero-order valence-corrected chi connectivity index (χ0v) is 13.5. The van der Waals surface area contributed by atoms with Gasteiger partial charge in [-0.3, -0.25) is 0 Å². The molecule has 0 radical (unpaired) electrons. The number of thiazole rings is 1. The average Bonchev–Trinajstić information content (AvgIpc) is 2.84. The zero-order chi connectivity index (χ0) is 15.7. The number of nitrogens with one attached hydrogen (secondary N) is 2. The van der Waals surface area contributed by atoms with E-state index in [1.54, 1.807) is 11.3 Å². The molecule has 0 saturated carbocycles. The van der Waals surface area contributed by atoms with E-state index in [9.17, 15) is 0 Å². The van der Waals surface area contributed by atoms with E-state index in [4.69, 9.17) is 5.73 Å². The molecule has 3 rings (SSSR count). The molecule has 0 atom stereocenters. The molecule has 0 amide bonds. The minimum absolute atomic E-state index is 0.129. The number of nitrogens with two attached hydrogens (primary N) is 1. The van der Waals surface area contributed by atoms with Crippen molar-refractivity contribution >= 4 is 44.0 Å². The van der Waals surface area contributed by atoms with Gasteiger partial charge in [0.15, 0.2) is 16.8 Å². The molecule has 7 heteroatoms. The highest BCUT2D eigenvalue weighted by atomic mass is 32.1. The summed E-state index contributed by atoms with van der Waals surface area (Å²) in [5.74, 6) is 1.17. The largest absolute Gasteiger partial charge is 0.393 e. The first-order chi connectivity index (χ1) is 10.4. The van der Waals surface area contributed by atoms with Crippen LogP contribution in [-0.4, -0.2) is 20.5 Å². The molecule has 3 aromatic rings. The van der Waals surface area contributed by atoms with E-state index in [1.807, 2.05) is 24.3 Å². The fourth-order valence-corrected chi connectivity index (χ4v) is 2.84. The molecule has 0 aliphatic rings. The van der Waals surface area contributed by atoms with E-state index in [-0.39, 0.29) is 5.54 Å². The predicted molar refractivity (Wildman–Crippen MR) is 92.7 cm³/mol. The third-order valence-electron chi connectivity index (χ3n) is 2.90. The van der Waals surface area contributed by atoms with E-state index in [0.717, 1.165) is 15.3 Å². The van der Waals surface area contributed by atoms with Gasteiger partial charge in [-0.2, -0.15) is 0 Å². The van der Waals surface area contributed by atoms with Gasteiger partial charge < -0.3 is 16.4 Å². The van der Waals surface area contributed by atoms with Crippen molar-refractivity contribution in [3.8, 4) is 0 Å². The summed E-state index contributed by atoms with van der Waals surface area (Å²) in [6.45, 7) is 6.15. The highest BCUT2D eigenvalue weighted by Crippen LogP contribution is 2.31. The Labute approximate surface area is 132 Å². The van der Waals surface area contributed by atoms with Crippen LogP contribution in [0.2, 0.25) is 0 Å². The second-order valence-corrected chi connectivity index (χ2v) is 7.00. The Morgan fingerprint density at radius 3 is 2.55 bits per heavy atom. The molecule has 22 heavy (non-hydrogen) atoms. The van der Waals surface area contributed by atoms with Crippen LogP contribution < -0.4 is 16.4 Å². The topological polar surface area (TPSA) is 88.8 Å². The Hall–Kier alpha value is -2.41. The van der Waals surface area contributed by atoms with Crippen LogP contribution in [0.1, 0.15) is 20.8 Å². The van der Waals surface area contributed by atoms with Gasteiger partial charge in [-0.1, -0.05) is 23.5 Å². The van der Waals surface area contributed by atoms with E-state index in [1.165, 1.54) is 6.33 Å². The standard InChI is InChI=1S/C15H18N6S/c1-15(2,3)21-13-11(16)12(17-8-18-13)20-14-19-9-6-4-5-7-10(9)22-14/h4-8H,16H2,1-3H3,(H2,17,18,19,20,21). The van der Waals surface area contributed by atoms with Gasteiger partial charge in [0.05, 0.1) is 10.2 Å². The number of anilines is 4. The lowest BCUT2D eigenvalue weighted by Crippen LogP contribution is -2.27. The lowest BCUT2D eigenvalue weighted by Gasteiger charge is -2.22. The zero-order valence-electron chi connectivity index (χ0n) is 12.7. The molecule has 114 valence electrons. The van der Waals surface area contributed by atoms with Crippen molar-refractivity contribution in [1.29, 1.82) is 0 Å². The molecule has 2 aromatic heterocycles. The summed E-state index contributed by atoms with van der Waals surface area (Å²) in [5, 5.41) is 7.21.